The van der Waals surface area contributed by atoms with Crippen LogP contribution in [-0.4, -0.2) is 41.1 Å². The van der Waals surface area contributed by atoms with Crippen molar-refractivity contribution in [1.29, 1.82) is 0 Å². The number of rotatable bonds is 6. The van der Waals surface area contributed by atoms with Gasteiger partial charge in [-0.25, -0.2) is 0 Å². The maximum atomic E-state index is 14.1. The third-order valence-corrected chi connectivity index (χ3v) is 17.1. The molecule has 0 radical (unpaired) electrons. The molecule has 6 heteroatoms. The molecule has 1 unspecified atom stereocenters. The summed E-state index contributed by atoms with van der Waals surface area (Å²) in [5.74, 6) is -0.396. The average Bonchev–Trinajstić information content (AvgIpc) is 3.20. The maximum absolute atomic E-state index is 14.1. The molecular weight excluding hydrogens is 509 g/mol. The minimum atomic E-state index is -3.45. The molecule has 0 aromatic heterocycles. The Morgan fingerprint density at radius 1 is 0.882 bits per heavy atom. The number of hydrogen-bond acceptors (Lipinski definition) is 3. The molecule has 1 atom stereocenters. The van der Waals surface area contributed by atoms with E-state index in [1.807, 2.05) is 75.4 Å². The second-order valence-corrected chi connectivity index (χ2v) is 18.5. The van der Waals surface area contributed by atoms with Crippen LogP contribution in [0.5, 0.6) is 0 Å². The molecule has 3 aromatic carbocycles. The van der Waals surface area contributed by atoms with Gasteiger partial charge in [-0.05, 0) is 0 Å². The van der Waals surface area contributed by atoms with Crippen molar-refractivity contribution in [3.63, 3.8) is 0 Å². The van der Waals surface area contributed by atoms with Crippen molar-refractivity contribution >= 4 is 48.6 Å². The summed E-state index contributed by atoms with van der Waals surface area (Å²) in [6.07, 6.45) is 0.642. The van der Waals surface area contributed by atoms with Crippen LogP contribution in [0.1, 0.15) is 27.2 Å². The van der Waals surface area contributed by atoms with E-state index in [-0.39, 0.29) is 24.1 Å². The van der Waals surface area contributed by atoms with Crippen molar-refractivity contribution < 1.29 is 14.3 Å². The number of hydrogen-bond donors (Lipinski definition) is 0. The van der Waals surface area contributed by atoms with Crippen molar-refractivity contribution in [2.24, 2.45) is 0 Å². The fourth-order valence-electron chi connectivity index (χ4n) is 5.00. The number of likely N-dealkylation sites (tertiary alicyclic amines) is 1. The molecule has 0 N–H and O–H groups in total. The Balaban J connectivity index is 1.88. The zero-order valence-corrected chi connectivity index (χ0v) is 22.3. The Morgan fingerprint density at radius 2 is 1.29 bits per heavy atom. The van der Waals surface area contributed by atoms with Crippen molar-refractivity contribution in [2.75, 3.05) is 13.1 Å². The van der Waals surface area contributed by atoms with E-state index in [1.165, 1.54) is 0 Å². The number of ether oxygens (including phenoxy) is 1. The monoisotopic (exact) mass is 539 g/mol. The fraction of sp³-hybridized carbons (Fsp3) is 0.286. The van der Waals surface area contributed by atoms with Crippen LogP contribution >= 0.6 is 20.8 Å². The molecule has 4 rings (SSSR count). The number of carbonyl (C=O) groups excluding carboxylic acids is 2. The van der Waals surface area contributed by atoms with Crippen LogP contribution in [0, 0.1) is 0 Å². The summed E-state index contributed by atoms with van der Waals surface area (Å²) in [7, 11) is 0. The van der Waals surface area contributed by atoms with Gasteiger partial charge in [-0.2, -0.15) is 0 Å². The van der Waals surface area contributed by atoms with Gasteiger partial charge in [0.2, 0.25) is 0 Å². The van der Waals surface area contributed by atoms with Crippen LogP contribution in [0.3, 0.4) is 0 Å². The van der Waals surface area contributed by atoms with Crippen LogP contribution in [-0.2, 0) is 14.3 Å². The van der Waals surface area contributed by atoms with E-state index in [4.69, 9.17) is 4.74 Å². The molecule has 1 aliphatic heterocycles. The summed E-state index contributed by atoms with van der Waals surface area (Å²) < 4.78 is 5.51. The first kappa shape index (κ1) is 24.6. The molecular formula is C28H31BrNO3P. The van der Waals surface area contributed by atoms with E-state index in [0.29, 0.717) is 13.0 Å². The Labute approximate surface area is 210 Å². The topological polar surface area (TPSA) is 46.6 Å². The van der Waals surface area contributed by atoms with Gasteiger partial charge in [0.05, 0.1) is 0 Å². The van der Waals surface area contributed by atoms with E-state index in [1.54, 1.807) is 4.90 Å². The van der Waals surface area contributed by atoms with Crippen molar-refractivity contribution in [2.45, 2.75) is 38.5 Å². The van der Waals surface area contributed by atoms with Gasteiger partial charge >= 0.3 is 210 Å². The van der Waals surface area contributed by atoms with E-state index in [9.17, 15) is 9.59 Å². The van der Waals surface area contributed by atoms with Crippen molar-refractivity contribution in [3.8, 4) is 0 Å². The fourth-order valence-corrected chi connectivity index (χ4v) is 13.7. The second kappa shape index (κ2) is 9.28. The first-order valence-electron chi connectivity index (χ1n) is 11.6. The summed E-state index contributed by atoms with van der Waals surface area (Å²) in [5.41, 5.74) is -0.938. The number of nitrogens with zero attached hydrogens (tertiary/aromatic N) is 1. The second-order valence-electron chi connectivity index (χ2n) is 9.73. The number of benzene rings is 3. The zero-order chi connectivity index (χ0) is 24.4. The van der Waals surface area contributed by atoms with Gasteiger partial charge in [0.25, 0.3) is 0 Å². The summed E-state index contributed by atoms with van der Waals surface area (Å²) in [5, 5.41) is -0.149. The molecule has 34 heavy (non-hydrogen) atoms. The quantitative estimate of drug-likeness (QED) is 0.335. The van der Waals surface area contributed by atoms with E-state index < -0.39 is 10.9 Å². The summed E-state index contributed by atoms with van der Waals surface area (Å²) in [6.45, 7) is 5.99. The van der Waals surface area contributed by atoms with E-state index in [2.05, 4.69) is 51.9 Å². The van der Waals surface area contributed by atoms with Crippen molar-refractivity contribution in [3.05, 3.63) is 91.0 Å². The van der Waals surface area contributed by atoms with Crippen LogP contribution in [0.2, 0.25) is 0 Å². The van der Waals surface area contributed by atoms with Gasteiger partial charge in [0.15, 0.2) is 0 Å². The third-order valence-electron chi connectivity index (χ3n) is 6.38. The van der Waals surface area contributed by atoms with Crippen LogP contribution in [0.15, 0.2) is 91.0 Å². The van der Waals surface area contributed by atoms with E-state index >= 15 is 0 Å². The number of esters is 1. The Bertz CT molecular complexity index is 1060. The normalized spacial score (nSPS) is 17.8. The first-order chi connectivity index (χ1) is 16.1. The van der Waals surface area contributed by atoms with Gasteiger partial charge < -0.3 is 0 Å². The first-order valence-corrected chi connectivity index (χ1v) is 15.9. The van der Waals surface area contributed by atoms with Gasteiger partial charge in [0.1, 0.15) is 0 Å². The van der Waals surface area contributed by atoms with Gasteiger partial charge in [-0.3, -0.25) is 0 Å². The summed E-state index contributed by atoms with van der Waals surface area (Å²) in [6, 6.07) is 30.9. The van der Waals surface area contributed by atoms with Crippen LogP contribution in [0.4, 0.5) is 0 Å². The zero-order valence-electron chi connectivity index (χ0n) is 19.9. The molecule has 3 aromatic rings. The van der Waals surface area contributed by atoms with Crippen LogP contribution < -0.4 is 15.9 Å². The molecule has 0 bridgehead atoms. The molecule has 1 heterocycles. The Hall–Kier alpha value is -2.49. The molecule has 0 spiro atoms. The predicted molar refractivity (Wildman–Crippen MR) is 145 cm³/mol. The number of carbonyl (C=O) groups is 2. The number of halogens is 1. The Kier molecular flexibility index (Phi) is 6.72. The van der Waals surface area contributed by atoms with Gasteiger partial charge in [0, 0.05) is 0 Å². The molecule has 1 fully saturated rings. The SMILES string of the molecule is CC(C)(C)OC(=O)CN1CCC(P(Br)(c2ccccc2)(c2ccccc2)c2ccccc2)C1=O. The minimum absolute atomic E-state index is 0.0167. The molecule has 178 valence electrons. The molecule has 4 nitrogen and oxygen atoms in total. The van der Waals surface area contributed by atoms with Gasteiger partial charge in [-0.1, -0.05) is 0 Å². The Morgan fingerprint density at radius 3 is 1.68 bits per heavy atom. The predicted octanol–water partition coefficient (Wildman–Crippen LogP) is 4.77. The molecule has 0 saturated carbocycles. The molecule has 1 aliphatic rings. The average molecular weight is 540 g/mol. The number of amides is 1. The summed E-state index contributed by atoms with van der Waals surface area (Å²) in [4.78, 5) is 28.4. The van der Waals surface area contributed by atoms with Crippen molar-refractivity contribution in [1.82, 2.24) is 4.90 Å². The molecule has 0 aliphatic carbocycles. The van der Waals surface area contributed by atoms with Crippen LogP contribution in [0.25, 0.3) is 0 Å². The standard InChI is InChI=1S/C28H31BrNO3P/c1-28(2,3)33-26(31)21-30-20-19-25(27(30)32)34(29,22-13-7-4-8-14-22,23-15-9-5-10-16-23)24-17-11-6-12-18-24/h4-18,25H,19-21H2,1-3H3. The van der Waals surface area contributed by atoms with E-state index in [0.717, 1.165) is 15.9 Å². The summed E-state index contributed by atoms with van der Waals surface area (Å²) >= 11 is 4.39. The molecule has 1 amide bonds. The third kappa shape index (κ3) is 4.21. The molecule has 1 saturated heterocycles. The van der Waals surface area contributed by atoms with Gasteiger partial charge in [-0.15, -0.1) is 0 Å².